The Kier molecular flexibility index (Phi) is 3.52. The molecule has 4 nitrogen and oxygen atoms in total. The van der Waals surface area contributed by atoms with Gasteiger partial charge >= 0.3 is 0 Å². The lowest BCUT2D eigenvalue weighted by Crippen LogP contribution is -2.30. The maximum Gasteiger partial charge on any atom is 0.257 e. The topological polar surface area (TPSA) is 58.6 Å². The molecule has 0 unspecified atom stereocenters. The highest BCUT2D eigenvalue weighted by Gasteiger charge is 2.21. The SMILES string of the molecule is Cc1cc(O)cc(OCC(=O)NCC2CC2)c1. The number of benzene rings is 1. The zero-order valence-electron chi connectivity index (χ0n) is 9.90. The van der Waals surface area contributed by atoms with Crippen molar-refractivity contribution in [2.45, 2.75) is 19.8 Å². The van der Waals surface area contributed by atoms with Gasteiger partial charge in [0.1, 0.15) is 11.5 Å². The van der Waals surface area contributed by atoms with Crippen LogP contribution in [0, 0.1) is 12.8 Å². The number of carbonyl (C=O) groups is 1. The van der Waals surface area contributed by atoms with Gasteiger partial charge in [0.2, 0.25) is 0 Å². The summed E-state index contributed by atoms with van der Waals surface area (Å²) in [4.78, 5) is 11.4. The zero-order valence-corrected chi connectivity index (χ0v) is 9.90. The molecule has 1 amide bonds. The molecular formula is C13H17NO3. The number of ether oxygens (including phenoxy) is 1. The van der Waals surface area contributed by atoms with Gasteiger partial charge in [0.05, 0.1) is 0 Å². The molecule has 0 atom stereocenters. The van der Waals surface area contributed by atoms with Gasteiger partial charge in [-0.2, -0.15) is 0 Å². The van der Waals surface area contributed by atoms with Crippen LogP contribution in [0.15, 0.2) is 18.2 Å². The summed E-state index contributed by atoms with van der Waals surface area (Å²) >= 11 is 0. The number of phenols is 1. The number of nitrogens with one attached hydrogen (secondary N) is 1. The van der Waals surface area contributed by atoms with Gasteiger partial charge in [0.15, 0.2) is 6.61 Å². The van der Waals surface area contributed by atoms with E-state index in [-0.39, 0.29) is 18.3 Å². The molecule has 4 heteroatoms. The number of amides is 1. The number of rotatable bonds is 5. The van der Waals surface area contributed by atoms with Gasteiger partial charge in [-0.05, 0) is 43.4 Å². The third-order valence-corrected chi connectivity index (χ3v) is 2.69. The van der Waals surface area contributed by atoms with Crippen LogP contribution in [0.1, 0.15) is 18.4 Å². The number of aromatic hydroxyl groups is 1. The van der Waals surface area contributed by atoms with Crippen LogP contribution in [0.3, 0.4) is 0 Å². The van der Waals surface area contributed by atoms with E-state index in [9.17, 15) is 9.90 Å². The van der Waals surface area contributed by atoms with E-state index in [4.69, 9.17) is 4.74 Å². The summed E-state index contributed by atoms with van der Waals surface area (Å²) in [5.41, 5.74) is 0.901. The highest BCUT2D eigenvalue weighted by molar-refractivity contribution is 5.77. The summed E-state index contributed by atoms with van der Waals surface area (Å²) in [5.74, 6) is 1.22. The number of aryl methyl sites for hydroxylation is 1. The van der Waals surface area contributed by atoms with E-state index in [2.05, 4.69) is 5.32 Å². The van der Waals surface area contributed by atoms with Crippen molar-refractivity contribution in [3.63, 3.8) is 0 Å². The molecule has 1 aromatic carbocycles. The van der Waals surface area contributed by atoms with E-state index in [0.717, 1.165) is 12.1 Å². The van der Waals surface area contributed by atoms with Crippen molar-refractivity contribution in [2.75, 3.05) is 13.2 Å². The molecule has 0 aliphatic heterocycles. The Balaban J connectivity index is 1.77. The molecule has 1 aliphatic rings. The fraction of sp³-hybridized carbons (Fsp3) is 0.462. The van der Waals surface area contributed by atoms with Gasteiger partial charge in [-0.1, -0.05) is 0 Å². The average molecular weight is 235 g/mol. The quantitative estimate of drug-likeness (QED) is 0.815. The van der Waals surface area contributed by atoms with Gasteiger partial charge < -0.3 is 15.2 Å². The number of carbonyl (C=O) groups excluding carboxylic acids is 1. The summed E-state index contributed by atoms with van der Waals surface area (Å²) in [6, 6.07) is 4.93. The van der Waals surface area contributed by atoms with E-state index in [1.165, 1.54) is 18.9 Å². The molecule has 17 heavy (non-hydrogen) atoms. The third-order valence-electron chi connectivity index (χ3n) is 2.69. The Hall–Kier alpha value is -1.71. The summed E-state index contributed by atoms with van der Waals surface area (Å²) < 4.78 is 5.31. The second-order valence-electron chi connectivity index (χ2n) is 4.54. The molecule has 0 heterocycles. The van der Waals surface area contributed by atoms with Crippen LogP contribution in [-0.4, -0.2) is 24.2 Å². The maximum absolute atomic E-state index is 11.4. The lowest BCUT2D eigenvalue weighted by Gasteiger charge is -2.08. The summed E-state index contributed by atoms with van der Waals surface area (Å²) in [7, 11) is 0. The Morgan fingerprint density at radius 2 is 2.24 bits per heavy atom. The first-order chi connectivity index (χ1) is 8.13. The Labute approximate surface area is 101 Å². The van der Waals surface area contributed by atoms with E-state index in [0.29, 0.717) is 11.7 Å². The summed E-state index contributed by atoms with van der Waals surface area (Å²) in [5, 5.41) is 12.2. The second kappa shape index (κ2) is 5.08. The Morgan fingerprint density at radius 3 is 2.88 bits per heavy atom. The molecule has 2 N–H and O–H groups in total. The molecule has 1 fully saturated rings. The van der Waals surface area contributed by atoms with Gasteiger partial charge in [0.25, 0.3) is 5.91 Å². The van der Waals surface area contributed by atoms with Crippen molar-refractivity contribution in [2.24, 2.45) is 5.92 Å². The van der Waals surface area contributed by atoms with E-state index in [1.54, 1.807) is 12.1 Å². The second-order valence-corrected chi connectivity index (χ2v) is 4.54. The molecule has 1 aliphatic carbocycles. The molecule has 0 bridgehead atoms. The molecule has 0 radical (unpaired) electrons. The molecule has 0 spiro atoms. The van der Waals surface area contributed by atoms with Crippen molar-refractivity contribution in [1.82, 2.24) is 5.32 Å². The number of hydrogen-bond acceptors (Lipinski definition) is 3. The first kappa shape index (κ1) is 11.8. The molecule has 2 rings (SSSR count). The Bertz CT molecular complexity index is 393. The van der Waals surface area contributed by atoms with Crippen molar-refractivity contribution in [1.29, 1.82) is 0 Å². The predicted molar refractivity (Wildman–Crippen MR) is 64.1 cm³/mol. The first-order valence-corrected chi connectivity index (χ1v) is 5.83. The highest BCUT2D eigenvalue weighted by Crippen LogP contribution is 2.27. The number of phenolic OH excluding ortho intramolecular Hbond substituents is 1. The van der Waals surface area contributed by atoms with Crippen LogP contribution in [-0.2, 0) is 4.79 Å². The minimum atomic E-state index is -0.113. The van der Waals surface area contributed by atoms with E-state index in [1.807, 2.05) is 6.92 Å². The van der Waals surface area contributed by atoms with Crippen molar-refractivity contribution in [3.8, 4) is 11.5 Å². The van der Waals surface area contributed by atoms with Crippen LogP contribution in [0.2, 0.25) is 0 Å². The van der Waals surface area contributed by atoms with Crippen molar-refractivity contribution in [3.05, 3.63) is 23.8 Å². The average Bonchev–Trinajstić information content (AvgIpc) is 3.06. The minimum absolute atomic E-state index is 0.00435. The van der Waals surface area contributed by atoms with Crippen molar-refractivity contribution >= 4 is 5.91 Å². The van der Waals surface area contributed by atoms with Crippen LogP contribution in [0.4, 0.5) is 0 Å². The lowest BCUT2D eigenvalue weighted by molar-refractivity contribution is -0.123. The maximum atomic E-state index is 11.4. The largest absolute Gasteiger partial charge is 0.508 e. The van der Waals surface area contributed by atoms with E-state index < -0.39 is 0 Å². The predicted octanol–water partition coefficient (Wildman–Crippen LogP) is 1.61. The van der Waals surface area contributed by atoms with Gasteiger partial charge in [0, 0.05) is 12.6 Å². The minimum Gasteiger partial charge on any atom is -0.508 e. The van der Waals surface area contributed by atoms with Crippen LogP contribution >= 0.6 is 0 Å². The van der Waals surface area contributed by atoms with Crippen LogP contribution < -0.4 is 10.1 Å². The highest BCUT2D eigenvalue weighted by atomic mass is 16.5. The summed E-state index contributed by atoms with van der Waals surface area (Å²) in [6.45, 7) is 2.61. The molecule has 1 aromatic rings. The molecule has 0 aromatic heterocycles. The van der Waals surface area contributed by atoms with Crippen LogP contribution in [0.25, 0.3) is 0 Å². The fourth-order valence-corrected chi connectivity index (χ4v) is 1.59. The zero-order chi connectivity index (χ0) is 12.3. The normalized spacial score (nSPS) is 14.4. The number of hydrogen-bond donors (Lipinski definition) is 2. The van der Waals surface area contributed by atoms with Crippen LogP contribution in [0.5, 0.6) is 11.5 Å². The Morgan fingerprint density at radius 1 is 1.47 bits per heavy atom. The van der Waals surface area contributed by atoms with Crippen molar-refractivity contribution < 1.29 is 14.6 Å². The molecular weight excluding hydrogens is 218 g/mol. The van der Waals surface area contributed by atoms with Gasteiger partial charge in [-0.3, -0.25) is 4.79 Å². The molecule has 0 saturated heterocycles. The molecule has 1 saturated carbocycles. The van der Waals surface area contributed by atoms with E-state index >= 15 is 0 Å². The summed E-state index contributed by atoms with van der Waals surface area (Å²) in [6.07, 6.45) is 2.43. The van der Waals surface area contributed by atoms with Gasteiger partial charge in [-0.25, -0.2) is 0 Å². The van der Waals surface area contributed by atoms with Gasteiger partial charge in [-0.15, -0.1) is 0 Å². The third kappa shape index (κ3) is 3.98. The fourth-order valence-electron chi connectivity index (χ4n) is 1.59. The monoisotopic (exact) mass is 235 g/mol. The first-order valence-electron chi connectivity index (χ1n) is 5.83. The lowest BCUT2D eigenvalue weighted by atomic mass is 10.2. The standard InChI is InChI=1S/C13H17NO3/c1-9-4-11(15)6-12(5-9)17-8-13(16)14-7-10-2-3-10/h4-6,10,15H,2-3,7-8H2,1H3,(H,14,16). The molecule has 92 valence electrons. The smallest absolute Gasteiger partial charge is 0.257 e.